The predicted molar refractivity (Wildman–Crippen MR) is 131 cm³/mol. The van der Waals surface area contributed by atoms with E-state index in [-0.39, 0.29) is 17.9 Å². The van der Waals surface area contributed by atoms with Gasteiger partial charge in [0.2, 0.25) is 0 Å². The molecule has 6 rings (SSSR count). The lowest BCUT2D eigenvalue weighted by molar-refractivity contribution is -0.178. The second-order valence-electron chi connectivity index (χ2n) is 13.1. The molecule has 0 aliphatic heterocycles. The number of fused-ring (bicyclic) bond motifs is 5. The zero-order chi connectivity index (χ0) is 24.4. The molecule has 1 aromatic heterocycles. The van der Waals surface area contributed by atoms with Gasteiger partial charge in [-0.3, -0.25) is 9.48 Å². The molecule has 0 aromatic carbocycles. The second-order valence-corrected chi connectivity index (χ2v) is 13.1. The molecule has 35 heavy (non-hydrogen) atoms. The van der Waals surface area contributed by atoms with Crippen molar-refractivity contribution in [1.29, 1.82) is 5.26 Å². The predicted octanol–water partition coefficient (Wildman–Crippen LogP) is 4.75. The van der Waals surface area contributed by atoms with Crippen molar-refractivity contribution in [1.82, 2.24) is 9.78 Å². The van der Waals surface area contributed by atoms with Gasteiger partial charge in [-0.2, -0.15) is 10.4 Å². The third kappa shape index (κ3) is 3.63. The molecule has 1 N–H and O–H groups in total. The quantitative estimate of drug-likeness (QED) is 0.636. The second kappa shape index (κ2) is 8.42. The minimum Gasteiger partial charge on any atom is -0.387 e. The molecular formula is C29H41N3O3. The van der Waals surface area contributed by atoms with E-state index in [2.05, 4.69) is 18.1 Å². The Bertz CT molecular complexity index is 1030. The standard InChI is InChI=1S/C29H41N3O3/c1-27-10-9-24-22(23(27)7-8-25(27)26(33)17-32-16-19(14-30)15-31-32)6-5-21-13-28(34,18-35-2)11-12-29(21,24)20-3-4-20/h15-16,20-25,34H,3-13,17-18H2,1-2H3/t21-,22+,23+,24+,25-,27+,28-,29-/m1/s1. The smallest absolute Gasteiger partial charge is 0.157 e. The number of ether oxygens (including phenoxy) is 1. The van der Waals surface area contributed by atoms with E-state index in [0.717, 1.165) is 49.9 Å². The third-order valence-electron chi connectivity index (χ3n) is 11.6. The first-order chi connectivity index (χ1) is 16.8. The number of rotatable bonds is 6. The van der Waals surface area contributed by atoms with Gasteiger partial charge in [0.25, 0.3) is 0 Å². The number of Topliss-reactive ketones (excluding diaryl/α,β-unsaturated/α-hetero) is 1. The van der Waals surface area contributed by atoms with E-state index in [1.54, 1.807) is 24.2 Å². The topological polar surface area (TPSA) is 88.1 Å². The maximum atomic E-state index is 13.5. The fraction of sp³-hybridized carbons (Fsp3) is 0.828. The van der Waals surface area contributed by atoms with Crippen molar-refractivity contribution < 1.29 is 14.6 Å². The van der Waals surface area contributed by atoms with Gasteiger partial charge >= 0.3 is 0 Å². The van der Waals surface area contributed by atoms with Crippen molar-refractivity contribution in [3.05, 3.63) is 18.0 Å². The first kappa shape index (κ1) is 23.7. The minimum atomic E-state index is -0.642. The summed E-state index contributed by atoms with van der Waals surface area (Å²) >= 11 is 0. The van der Waals surface area contributed by atoms with E-state index >= 15 is 0 Å². The molecule has 6 nitrogen and oxygen atoms in total. The largest absolute Gasteiger partial charge is 0.387 e. The van der Waals surface area contributed by atoms with Crippen molar-refractivity contribution in [2.45, 2.75) is 89.7 Å². The van der Waals surface area contributed by atoms with Crippen molar-refractivity contribution in [3.63, 3.8) is 0 Å². The van der Waals surface area contributed by atoms with Gasteiger partial charge in [-0.1, -0.05) is 6.92 Å². The summed E-state index contributed by atoms with van der Waals surface area (Å²) in [5.74, 6) is 4.01. The van der Waals surface area contributed by atoms with Crippen LogP contribution in [0.3, 0.4) is 0 Å². The van der Waals surface area contributed by atoms with Gasteiger partial charge in [-0.15, -0.1) is 0 Å². The number of hydrogen-bond acceptors (Lipinski definition) is 5. The van der Waals surface area contributed by atoms with Gasteiger partial charge in [0, 0.05) is 19.2 Å². The lowest BCUT2D eigenvalue weighted by atomic mass is 9.42. The SMILES string of the molecule is COC[C@@]1(O)CC[C@@]2(C3CC3)[C@H](CC[C@H]3[C@@H]4CC[C@H](C(=O)Cn5cc(C#N)cn5)[C@@]4(C)CC[C@@H]32)C1. The molecular weight excluding hydrogens is 438 g/mol. The number of aromatic nitrogens is 2. The Morgan fingerprint density at radius 2 is 1.94 bits per heavy atom. The summed E-state index contributed by atoms with van der Waals surface area (Å²) < 4.78 is 7.08. The number of hydrogen-bond donors (Lipinski definition) is 1. The summed E-state index contributed by atoms with van der Waals surface area (Å²) in [5, 5.41) is 24.6. The lowest BCUT2D eigenvalue weighted by Crippen LogP contribution is -2.58. The molecule has 0 radical (unpaired) electrons. The number of ketones is 1. The summed E-state index contributed by atoms with van der Waals surface area (Å²) in [7, 11) is 1.71. The Kier molecular flexibility index (Phi) is 5.69. The van der Waals surface area contributed by atoms with Gasteiger partial charge < -0.3 is 9.84 Å². The molecule has 190 valence electrons. The highest BCUT2D eigenvalue weighted by molar-refractivity contribution is 5.82. The van der Waals surface area contributed by atoms with Crippen molar-refractivity contribution in [2.75, 3.05) is 13.7 Å². The van der Waals surface area contributed by atoms with Crippen molar-refractivity contribution in [3.8, 4) is 6.07 Å². The molecule has 6 heteroatoms. The molecule has 5 saturated carbocycles. The van der Waals surface area contributed by atoms with Crippen LogP contribution in [0, 0.1) is 57.7 Å². The van der Waals surface area contributed by atoms with Crippen molar-refractivity contribution >= 4 is 5.78 Å². The molecule has 0 amide bonds. The van der Waals surface area contributed by atoms with Crippen LogP contribution in [0.2, 0.25) is 0 Å². The Labute approximate surface area is 209 Å². The number of carbonyl (C=O) groups excluding carboxylic acids is 1. The summed E-state index contributed by atoms with van der Waals surface area (Å²) in [6.45, 7) is 3.17. The van der Waals surface area contributed by atoms with Crippen LogP contribution in [0.4, 0.5) is 0 Å². The van der Waals surface area contributed by atoms with Crippen LogP contribution in [0.1, 0.15) is 83.1 Å². The average Bonchev–Trinajstić information content (AvgIpc) is 3.49. The van der Waals surface area contributed by atoms with Crippen LogP contribution < -0.4 is 0 Å². The lowest BCUT2D eigenvalue weighted by Gasteiger charge is -2.63. The molecule has 0 bridgehead atoms. The summed E-state index contributed by atoms with van der Waals surface area (Å²) in [6, 6.07) is 2.11. The first-order valence-electron chi connectivity index (χ1n) is 14.0. The fourth-order valence-corrected chi connectivity index (χ4v) is 10.2. The van der Waals surface area contributed by atoms with E-state index in [4.69, 9.17) is 10.00 Å². The van der Waals surface area contributed by atoms with Crippen LogP contribution in [-0.2, 0) is 16.1 Å². The maximum Gasteiger partial charge on any atom is 0.157 e. The number of nitrogens with zero attached hydrogens (tertiary/aromatic N) is 3. The molecule has 0 unspecified atom stereocenters. The van der Waals surface area contributed by atoms with E-state index in [0.29, 0.717) is 35.2 Å². The Hall–Kier alpha value is -1.71. The number of nitriles is 1. The third-order valence-corrected chi connectivity index (χ3v) is 11.6. The zero-order valence-electron chi connectivity index (χ0n) is 21.4. The molecule has 1 aromatic rings. The minimum absolute atomic E-state index is 0.0898. The molecule has 1 heterocycles. The van der Waals surface area contributed by atoms with Gasteiger partial charge in [0.15, 0.2) is 5.78 Å². The van der Waals surface area contributed by atoms with Gasteiger partial charge in [-0.05, 0) is 111 Å². The monoisotopic (exact) mass is 479 g/mol. The van der Waals surface area contributed by atoms with Gasteiger partial charge in [0.1, 0.15) is 6.07 Å². The van der Waals surface area contributed by atoms with E-state index in [1.807, 2.05) is 0 Å². The van der Waals surface area contributed by atoms with Crippen LogP contribution >= 0.6 is 0 Å². The van der Waals surface area contributed by atoms with E-state index < -0.39 is 5.60 Å². The van der Waals surface area contributed by atoms with Crippen LogP contribution in [0.5, 0.6) is 0 Å². The van der Waals surface area contributed by atoms with Gasteiger partial charge in [-0.25, -0.2) is 0 Å². The summed E-state index contributed by atoms with van der Waals surface area (Å²) in [4.78, 5) is 13.5. The number of aliphatic hydroxyl groups is 1. The van der Waals surface area contributed by atoms with E-state index in [1.165, 1.54) is 38.5 Å². The summed E-state index contributed by atoms with van der Waals surface area (Å²) in [5.41, 5.74) is 0.374. The number of carbonyl (C=O) groups is 1. The van der Waals surface area contributed by atoms with Gasteiger partial charge in [0.05, 0.1) is 30.5 Å². The highest BCUT2D eigenvalue weighted by Crippen LogP contribution is 2.72. The fourth-order valence-electron chi connectivity index (χ4n) is 10.2. The Morgan fingerprint density at radius 3 is 2.66 bits per heavy atom. The molecule has 5 aliphatic carbocycles. The number of methoxy groups -OCH3 is 1. The van der Waals surface area contributed by atoms with Crippen LogP contribution in [-0.4, -0.2) is 40.0 Å². The molecule has 5 aliphatic rings. The highest BCUT2D eigenvalue weighted by atomic mass is 16.5. The zero-order valence-corrected chi connectivity index (χ0v) is 21.4. The van der Waals surface area contributed by atoms with Crippen LogP contribution in [0.25, 0.3) is 0 Å². The molecule has 0 saturated heterocycles. The Morgan fingerprint density at radius 1 is 1.14 bits per heavy atom. The molecule has 8 atom stereocenters. The maximum absolute atomic E-state index is 13.5. The molecule has 0 spiro atoms. The normalized spacial score (nSPS) is 44.7. The summed E-state index contributed by atoms with van der Waals surface area (Å²) in [6.07, 6.45) is 16.0. The Balaban J connectivity index is 1.22. The average molecular weight is 480 g/mol. The highest BCUT2D eigenvalue weighted by Gasteiger charge is 2.66. The van der Waals surface area contributed by atoms with E-state index in [9.17, 15) is 9.90 Å². The van der Waals surface area contributed by atoms with Crippen LogP contribution in [0.15, 0.2) is 12.4 Å². The first-order valence-corrected chi connectivity index (χ1v) is 14.0. The van der Waals surface area contributed by atoms with Crippen molar-refractivity contribution in [2.24, 2.45) is 46.3 Å². The molecule has 5 fully saturated rings.